The molecule has 1 heterocycles. The van der Waals surface area contributed by atoms with Gasteiger partial charge in [0.1, 0.15) is 11.3 Å². The molecule has 0 fully saturated rings. The number of carbonyl (C=O) groups excluding carboxylic acids is 1. The zero-order chi connectivity index (χ0) is 19.5. The molecule has 6 heteroatoms. The van der Waals surface area contributed by atoms with Crippen LogP contribution in [0, 0.1) is 0 Å². The van der Waals surface area contributed by atoms with Gasteiger partial charge in [0.15, 0.2) is 11.7 Å². The van der Waals surface area contributed by atoms with E-state index >= 15 is 0 Å². The van der Waals surface area contributed by atoms with Gasteiger partial charge in [0.25, 0.3) is 5.91 Å². The number of aromatic nitrogens is 1. The van der Waals surface area contributed by atoms with E-state index in [1.54, 1.807) is 49.4 Å². The van der Waals surface area contributed by atoms with Gasteiger partial charge in [-0.2, -0.15) is 0 Å². The van der Waals surface area contributed by atoms with Crippen molar-refractivity contribution in [1.82, 2.24) is 4.98 Å². The fourth-order valence-corrected chi connectivity index (χ4v) is 2.92. The number of ether oxygens (including phenoxy) is 1. The van der Waals surface area contributed by atoms with Crippen LogP contribution in [0.5, 0.6) is 5.75 Å². The molecule has 28 heavy (non-hydrogen) atoms. The Morgan fingerprint density at radius 2 is 1.82 bits per heavy atom. The number of nitrogens with zero attached hydrogens (tertiary/aromatic N) is 1. The fourth-order valence-electron chi connectivity index (χ4n) is 2.74. The van der Waals surface area contributed by atoms with Crippen molar-refractivity contribution in [3.8, 4) is 17.2 Å². The molecule has 1 unspecified atom stereocenters. The van der Waals surface area contributed by atoms with Crippen molar-refractivity contribution in [2.24, 2.45) is 0 Å². The van der Waals surface area contributed by atoms with Crippen molar-refractivity contribution in [3.05, 3.63) is 77.8 Å². The number of carbonyl (C=O) groups is 1. The van der Waals surface area contributed by atoms with Crippen molar-refractivity contribution >= 4 is 34.3 Å². The predicted molar refractivity (Wildman–Crippen MR) is 110 cm³/mol. The minimum Gasteiger partial charge on any atom is -0.479 e. The number of benzene rings is 3. The second-order valence-corrected chi connectivity index (χ2v) is 6.65. The summed E-state index contributed by atoms with van der Waals surface area (Å²) < 4.78 is 11.4. The molecule has 4 rings (SSSR count). The number of rotatable bonds is 5. The molecule has 1 atom stereocenters. The molecule has 0 bridgehead atoms. The second-order valence-electron chi connectivity index (χ2n) is 6.25. The largest absolute Gasteiger partial charge is 0.479 e. The summed E-state index contributed by atoms with van der Waals surface area (Å²) in [5.74, 6) is 0.715. The van der Waals surface area contributed by atoms with Crippen LogP contribution in [-0.4, -0.2) is 17.0 Å². The van der Waals surface area contributed by atoms with E-state index < -0.39 is 6.10 Å². The summed E-state index contributed by atoms with van der Waals surface area (Å²) in [4.78, 5) is 17.0. The van der Waals surface area contributed by atoms with Crippen LogP contribution in [0.25, 0.3) is 22.6 Å². The Balaban J connectivity index is 1.49. The Kier molecular flexibility index (Phi) is 5.00. The lowest BCUT2D eigenvalue weighted by atomic mass is 10.2. The van der Waals surface area contributed by atoms with Crippen molar-refractivity contribution in [3.63, 3.8) is 0 Å². The van der Waals surface area contributed by atoms with Gasteiger partial charge >= 0.3 is 0 Å². The zero-order valence-corrected chi connectivity index (χ0v) is 15.8. The van der Waals surface area contributed by atoms with E-state index in [0.717, 1.165) is 5.56 Å². The number of amides is 1. The predicted octanol–water partition coefficient (Wildman–Crippen LogP) is 5.55. The van der Waals surface area contributed by atoms with Gasteiger partial charge < -0.3 is 14.5 Å². The molecule has 140 valence electrons. The molecule has 0 aliphatic carbocycles. The van der Waals surface area contributed by atoms with Gasteiger partial charge in [-0.15, -0.1) is 0 Å². The van der Waals surface area contributed by atoms with Gasteiger partial charge in [-0.1, -0.05) is 41.9 Å². The molecule has 1 aromatic heterocycles. The monoisotopic (exact) mass is 392 g/mol. The molecule has 0 aliphatic rings. The Labute approximate surface area is 166 Å². The second kappa shape index (κ2) is 7.74. The van der Waals surface area contributed by atoms with Gasteiger partial charge in [-0.25, -0.2) is 4.98 Å². The highest BCUT2D eigenvalue weighted by Gasteiger charge is 2.17. The minimum absolute atomic E-state index is 0.286. The minimum atomic E-state index is -0.715. The van der Waals surface area contributed by atoms with Crippen molar-refractivity contribution in [2.45, 2.75) is 13.0 Å². The number of oxazole rings is 1. The Hall–Kier alpha value is -3.31. The van der Waals surface area contributed by atoms with Crippen LogP contribution < -0.4 is 10.1 Å². The fraction of sp³-hybridized carbons (Fsp3) is 0.0909. The SMILES string of the molecule is CC(Oc1ccccc1Cl)C(=O)Nc1ccc2oc(-c3ccccc3)nc2c1. The summed E-state index contributed by atoms with van der Waals surface area (Å²) in [7, 11) is 0. The highest BCUT2D eigenvalue weighted by molar-refractivity contribution is 6.32. The lowest BCUT2D eigenvalue weighted by Gasteiger charge is -2.15. The van der Waals surface area contributed by atoms with Crippen LogP contribution in [0.15, 0.2) is 77.2 Å². The van der Waals surface area contributed by atoms with Gasteiger partial charge in [-0.05, 0) is 49.4 Å². The van der Waals surface area contributed by atoms with E-state index in [0.29, 0.717) is 33.4 Å². The summed E-state index contributed by atoms with van der Waals surface area (Å²) in [5, 5.41) is 3.29. The Morgan fingerprint density at radius 3 is 2.61 bits per heavy atom. The van der Waals surface area contributed by atoms with Crippen LogP contribution in [0.3, 0.4) is 0 Å². The van der Waals surface area contributed by atoms with Crippen LogP contribution in [0.4, 0.5) is 5.69 Å². The number of halogens is 1. The van der Waals surface area contributed by atoms with E-state index in [9.17, 15) is 4.79 Å². The van der Waals surface area contributed by atoms with E-state index in [-0.39, 0.29) is 5.91 Å². The summed E-state index contributed by atoms with van der Waals surface area (Å²) >= 11 is 6.08. The van der Waals surface area contributed by atoms with Gasteiger partial charge in [0.05, 0.1) is 5.02 Å². The van der Waals surface area contributed by atoms with Crippen molar-refractivity contribution in [2.75, 3.05) is 5.32 Å². The molecule has 0 spiro atoms. The Morgan fingerprint density at radius 1 is 1.07 bits per heavy atom. The molecule has 1 amide bonds. The van der Waals surface area contributed by atoms with E-state index in [1.807, 2.05) is 30.3 Å². The standard InChI is InChI=1S/C22H17ClN2O3/c1-14(27-19-10-6-5-9-17(19)23)21(26)24-16-11-12-20-18(13-16)25-22(28-20)15-7-3-2-4-8-15/h2-14H,1H3,(H,24,26). The maximum absolute atomic E-state index is 12.5. The molecule has 0 saturated carbocycles. The first-order valence-corrected chi connectivity index (χ1v) is 9.16. The van der Waals surface area contributed by atoms with Crippen molar-refractivity contribution < 1.29 is 13.9 Å². The molecule has 0 aliphatic heterocycles. The number of nitrogens with one attached hydrogen (secondary N) is 1. The van der Waals surface area contributed by atoms with Crippen LogP contribution in [-0.2, 0) is 4.79 Å². The maximum Gasteiger partial charge on any atom is 0.265 e. The first-order valence-electron chi connectivity index (χ1n) is 8.78. The number of hydrogen-bond acceptors (Lipinski definition) is 4. The summed E-state index contributed by atoms with van der Waals surface area (Å²) in [5.41, 5.74) is 2.82. The molecule has 4 aromatic rings. The van der Waals surface area contributed by atoms with Crippen LogP contribution >= 0.6 is 11.6 Å². The summed E-state index contributed by atoms with van der Waals surface area (Å²) in [6.07, 6.45) is -0.715. The van der Waals surface area contributed by atoms with E-state index in [4.69, 9.17) is 20.8 Å². The molecular weight excluding hydrogens is 376 g/mol. The average molecular weight is 393 g/mol. The maximum atomic E-state index is 12.5. The molecule has 0 radical (unpaired) electrons. The smallest absolute Gasteiger partial charge is 0.265 e. The van der Waals surface area contributed by atoms with Crippen molar-refractivity contribution in [1.29, 1.82) is 0 Å². The zero-order valence-electron chi connectivity index (χ0n) is 15.1. The molecule has 5 nitrogen and oxygen atoms in total. The first kappa shape index (κ1) is 18.1. The lowest BCUT2D eigenvalue weighted by molar-refractivity contribution is -0.122. The topological polar surface area (TPSA) is 64.4 Å². The third-order valence-electron chi connectivity index (χ3n) is 4.19. The quantitative estimate of drug-likeness (QED) is 0.483. The third-order valence-corrected chi connectivity index (χ3v) is 4.50. The molecule has 3 aromatic carbocycles. The number of fused-ring (bicyclic) bond motifs is 1. The van der Waals surface area contributed by atoms with E-state index in [1.165, 1.54) is 0 Å². The number of para-hydroxylation sites is 1. The molecular formula is C22H17ClN2O3. The van der Waals surface area contributed by atoms with E-state index in [2.05, 4.69) is 10.3 Å². The van der Waals surface area contributed by atoms with Gasteiger partial charge in [-0.3, -0.25) is 4.79 Å². The highest BCUT2D eigenvalue weighted by Crippen LogP contribution is 2.27. The number of hydrogen-bond donors (Lipinski definition) is 1. The summed E-state index contributed by atoms with van der Waals surface area (Å²) in [6, 6.07) is 22.0. The molecule has 0 saturated heterocycles. The van der Waals surface area contributed by atoms with Gasteiger partial charge in [0, 0.05) is 11.3 Å². The van der Waals surface area contributed by atoms with Crippen LogP contribution in [0.2, 0.25) is 5.02 Å². The summed E-state index contributed by atoms with van der Waals surface area (Å²) in [6.45, 7) is 1.67. The first-order chi connectivity index (χ1) is 13.6. The molecule has 1 N–H and O–H groups in total. The normalized spacial score (nSPS) is 11.9. The number of anilines is 1. The third kappa shape index (κ3) is 3.85. The van der Waals surface area contributed by atoms with Crippen LogP contribution in [0.1, 0.15) is 6.92 Å². The Bertz CT molecular complexity index is 1130. The van der Waals surface area contributed by atoms with Gasteiger partial charge in [0.2, 0.25) is 5.89 Å². The average Bonchev–Trinajstić information content (AvgIpc) is 3.14. The lowest BCUT2D eigenvalue weighted by Crippen LogP contribution is -2.30. The highest BCUT2D eigenvalue weighted by atomic mass is 35.5.